The topological polar surface area (TPSA) is 69.5 Å². The van der Waals surface area contributed by atoms with Crippen LogP contribution in [0, 0.1) is 13.8 Å². The molecule has 0 aliphatic heterocycles. The number of hydrogen-bond acceptors (Lipinski definition) is 4. The van der Waals surface area contributed by atoms with Gasteiger partial charge in [0, 0.05) is 11.9 Å². The zero-order valence-electron chi connectivity index (χ0n) is 15.7. The fourth-order valence-corrected chi connectivity index (χ4v) is 3.38. The van der Waals surface area contributed by atoms with E-state index in [1.165, 1.54) is 0 Å². The molecule has 0 saturated carbocycles. The van der Waals surface area contributed by atoms with E-state index in [2.05, 4.69) is 39.8 Å². The molecule has 0 atom stereocenters. The molecule has 0 unspecified atom stereocenters. The largest absolute Gasteiger partial charge is 0.507 e. The highest BCUT2D eigenvalue weighted by atomic mass is 32.1. The van der Waals surface area contributed by atoms with Crippen LogP contribution in [0.5, 0.6) is 5.75 Å². The van der Waals surface area contributed by atoms with Crippen LogP contribution in [0.4, 0.5) is 0 Å². The number of guanidine groups is 1. The van der Waals surface area contributed by atoms with Crippen molar-refractivity contribution in [3.63, 3.8) is 0 Å². The maximum atomic E-state index is 9.88. The summed E-state index contributed by atoms with van der Waals surface area (Å²) in [7, 11) is 0. The highest BCUT2D eigenvalue weighted by molar-refractivity contribution is 7.09. The molecule has 136 valence electrons. The Morgan fingerprint density at radius 2 is 1.92 bits per heavy atom. The predicted octanol–water partition coefficient (Wildman–Crippen LogP) is 3.84. The first-order valence-corrected chi connectivity index (χ1v) is 9.54. The fourth-order valence-electron chi connectivity index (χ4n) is 2.48. The van der Waals surface area contributed by atoms with Crippen molar-refractivity contribution < 1.29 is 5.11 Å². The minimum Gasteiger partial charge on any atom is -0.507 e. The number of nitrogens with one attached hydrogen (secondary N) is 2. The monoisotopic (exact) mass is 360 g/mol. The van der Waals surface area contributed by atoms with E-state index in [0.717, 1.165) is 39.9 Å². The Morgan fingerprint density at radius 1 is 1.24 bits per heavy atom. The van der Waals surface area contributed by atoms with Crippen LogP contribution < -0.4 is 10.6 Å². The molecule has 1 heterocycles. The average molecular weight is 361 g/mol. The number of phenolic OH excluding ortho intramolecular Hbond substituents is 1. The smallest absolute Gasteiger partial charge is 0.191 e. The van der Waals surface area contributed by atoms with Crippen LogP contribution in [-0.2, 0) is 13.1 Å². The van der Waals surface area contributed by atoms with Gasteiger partial charge in [0.15, 0.2) is 5.96 Å². The highest BCUT2D eigenvalue weighted by Crippen LogP contribution is 2.23. The van der Waals surface area contributed by atoms with Gasteiger partial charge in [-0.15, -0.1) is 11.3 Å². The summed E-state index contributed by atoms with van der Waals surface area (Å²) in [5.74, 6) is 1.59. The molecule has 0 bridgehead atoms. The van der Waals surface area contributed by atoms with E-state index in [4.69, 9.17) is 0 Å². The number of nitrogens with zero attached hydrogens (tertiary/aromatic N) is 2. The SMILES string of the molecule is CCNC(=NCc1cc(C)c(O)c(C)c1)NCc1nc(C(C)C)cs1. The number of phenols is 1. The molecule has 0 spiro atoms. The number of rotatable bonds is 6. The summed E-state index contributed by atoms with van der Waals surface area (Å²) < 4.78 is 0. The Hall–Kier alpha value is -2.08. The van der Waals surface area contributed by atoms with E-state index in [0.29, 0.717) is 24.8 Å². The number of aromatic hydroxyl groups is 1. The third-order valence-corrected chi connectivity index (χ3v) is 4.75. The summed E-state index contributed by atoms with van der Waals surface area (Å²) in [6.45, 7) is 12.2. The zero-order valence-corrected chi connectivity index (χ0v) is 16.5. The molecule has 2 rings (SSSR count). The molecule has 0 aliphatic carbocycles. The third-order valence-electron chi connectivity index (χ3n) is 3.88. The van der Waals surface area contributed by atoms with Crippen LogP contribution in [0.3, 0.4) is 0 Å². The van der Waals surface area contributed by atoms with E-state index in [1.807, 2.05) is 32.9 Å². The van der Waals surface area contributed by atoms with Gasteiger partial charge in [-0.05, 0) is 43.4 Å². The number of aliphatic imine (C=N–C) groups is 1. The Labute approximate surface area is 154 Å². The number of thiazole rings is 1. The van der Waals surface area contributed by atoms with Crippen molar-refractivity contribution in [1.82, 2.24) is 15.6 Å². The third kappa shape index (κ3) is 5.46. The molecule has 0 fully saturated rings. The lowest BCUT2D eigenvalue weighted by Gasteiger charge is -2.11. The molecule has 6 heteroatoms. The molecule has 2 aromatic rings. The highest BCUT2D eigenvalue weighted by Gasteiger charge is 2.07. The maximum Gasteiger partial charge on any atom is 0.191 e. The predicted molar refractivity (Wildman–Crippen MR) is 105 cm³/mol. The lowest BCUT2D eigenvalue weighted by molar-refractivity contribution is 0.466. The van der Waals surface area contributed by atoms with Crippen molar-refractivity contribution >= 4 is 17.3 Å². The van der Waals surface area contributed by atoms with Crippen molar-refractivity contribution in [2.24, 2.45) is 4.99 Å². The van der Waals surface area contributed by atoms with Gasteiger partial charge in [0.2, 0.25) is 0 Å². The van der Waals surface area contributed by atoms with Gasteiger partial charge in [-0.25, -0.2) is 9.98 Å². The fraction of sp³-hybridized carbons (Fsp3) is 0.474. The molecule has 0 saturated heterocycles. The number of benzene rings is 1. The van der Waals surface area contributed by atoms with E-state index >= 15 is 0 Å². The van der Waals surface area contributed by atoms with Gasteiger partial charge in [0.1, 0.15) is 10.8 Å². The van der Waals surface area contributed by atoms with Gasteiger partial charge in [0.05, 0.1) is 18.8 Å². The number of aromatic nitrogens is 1. The van der Waals surface area contributed by atoms with Crippen molar-refractivity contribution in [3.05, 3.63) is 44.9 Å². The lowest BCUT2D eigenvalue weighted by Crippen LogP contribution is -2.36. The molecule has 0 radical (unpaired) electrons. The number of aryl methyl sites for hydroxylation is 2. The molecule has 1 aromatic carbocycles. The van der Waals surface area contributed by atoms with Crippen molar-refractivity contribution in [1.29, 1.82) is 0 Å². The van der Waals surface area contributed by atoms with Crippen molar-refractivity contribution in [2.75, 3.05) is 6.54 Å². The summed E-state index contributed by atoms with van der Waals surface area (Å²) >= 11 is 1.67. The molecule has 5 nitrogen and oxygen atoms in total. The van der Waals surface area contributed by atoms with Gasteiger partial charge in [-0.1, -0.05) is 26.0 Å². The quantitative estimate of drug-likeness (QED) is 0.541. The molecule has 3 N–H and O–H groups in total. The van der Waals surface area contributed by atoms with E-state index in [9.17, 15) is 5.11 Å². The normalized spacial score (nSPS) is 11.8. The first-order chi connectivity index (χ1) is 11.9. The summed E-state index contributed by atoms with van der Waals surface area (Å²) in [6, 6.07) is 3.95. The van der Waals surface area contributed by atoms with Crippen LogP contribution >= 0.6 is 11.3 Å². The molecular weight excluding hydrogens is 332 g/mol. The Kier molecular flexibility index (Phi) is 6.82. The first kappa shape index (κ1) is 19.2. The second-order valence-corrected chi connectivity index (χ2v) is 7.39. The van der Waals surface area contributed by atoms with Crippen LogP contribution in [0.1, 0.15) is 54.1 Å². The first-order valence-electron chi connectivity index (χ1n) is 8.66. The summed E-state index contributed by atoms with van der Waals surface area (Å²) in [6.07, 6.45) is 0. The van der Waals surface area contributed by atoms with E-state index in [-0.39, 0.29) is 0 Å². The van der Waals surface area contributed by atoms with Gasteiger partial charge >= 0.3 is 0 Å². The Balaban J connectivity index is 2.02. The Morgan fingerprint density at radius 3 is 2.48 bits per heavy atom. The lowest BCUT2D eigenvalue weighted by atomic mass is 10.1. The Bertz CT molecular complexity index is 714. The summed E-state index contributed by atoms with van der Waals surface area (Å²) in [4.78, 5) is 9.28. The van der Waals surface area contributed by atoms with E-state index in [1.54, 1.807) is 11.3 Å². The molecule has 1 aromatic heterocycles. The van der Waals surface area contributed by atoms with Crippen molar-refractivity contribution in [2.45, 2.75) is 53.6 Å². The average Bonchev–Trinajstić information content (AvgIpc) is 3.04. The van der Waals surface area contributed by atoms with Crippen LogP contribution in [0.15, 0.2) is 22.5 Å². The standard InChI is InChI=1S/C19H28N4OS/c1-6-20-19(22-10-17-23-16(11-25-17)12(2)3)21-9-15-7-13(4)18(24)14(5)8-15/h7-8,11-12,24H,6,9-10H2,1-5H3,(H2,20,21,22). The van der Waals surface area contributed by atoms with Gasteiger partial charge in [0.25, 0.3) is 0 Å². The van der Waals surface area contributed by atoms with Crippen LogP contribution in [-0.4, -0.2) is 22.6 Å². The maximum absolute atomic E-state index is 9.88. The number of hydrogen-bond donors (Lipinski definition) is 3. The van der Waals surface area contributed by atoms with Crippen LogP contribution in [0.2, 0.25) is 0 Å². The summed E-state index contributed by atoms with van der Waals surface area (Å²) in [5.41, 5.74) is 3.99. The van der Waals surface area contributed by atoms with Gasteiger partial charge < -0.3 is 15.7 Å². The minimum absolute atomic E-state index is 0.363. The second-order valence-electron chi connectivity index (χ2n) is 6.45. The van der Waals surface area contributed by atoms with Crippen molar-refractivity contribution in [3.8, 4) is 5.75 Å². The minimum atomic E-state index is 0.363. The molecule has 0 aliphatic rings. The van der Waals surface area contributed by atoms with E-state index < -0.39 is 0 Å². The molecule has 25 heavy (non-hydrogen) atoms. The molecule has 0 amide bonds. The van der Waals surface area contributed by atoms with Gasteiger partial charge in [-0.3, -0.25) is 0 Å². The van der Waals surface area contributed by atoms with Gasteiger partial charge in [-0.2, -0.15) is 0 Å². The molecular formula is C19H28N4OS. The second kappa shape index (κ2) is 8.85. The van der Waals surface area contributed by atoms with Crippen LogP contribution in [0.25, 0.3) is 0 Å². The zero-order chi connectivity index (χ0) is 18.4. The summed E-state index contributed by atoms with van der Waals surface area (Å²) in [5, 5.41) is 19.7.